The fourth-order valence-corrected chi connectivity index (χ4v) is 3.88. The van der Waals surface area contributed by atoms with Crippen LogP contribution < -0.4 is 5.32 Å². The summed E-state index contributed by atoms with van der Waals surface area (Å²) < 4.78 is 1.57. The number of carbonyl (C=O) groups excluding carboxylic acids is 2. The van der Waals surface area contributed by atoms with Crippen molar-refractivity contribution in [2.75, 3.05) is 13.1 Å². The van der Waals surface area contributed by atoms with E-state index in [0.717, 1.165) is 56.3 Å². The molecule has 0 unspecified atom stereocenters. The van der Waals surface area contributed by atoms with Crippen LogP contribution in [-0.4, -0.2) is 56.1 Å². The van der Waals surface area contributed by atoms with Gasteiger partial charge in [-0.1, -0.05) is 18.6 Å². The molecular weight excluding hydrogens is 356 g/mol. The van der Waals surface area contributed by atoms with E-state index in [1.165, 1.54) is 6.33 Å². The lowest BCUT2D eigenvalue weighted by atomic mass is 9.84. The smallest absolute Gasteiger partial charge is 0.225 e. The van der Waals surface area contributed by atoms with E-state index in [1.807, 2.05) is 29.2 Å². The Morgan fingerprint density at radius 1 is 1.07 bits per heavy atom. The minimum absolute atomic E-state index is 0.00174. The van der Waals surface area contributed by atoms with Crippen molar-refractivity contribution in [1.82, 2.24) is 30.4 Å². The Morgan fingerprint density at radius 3 is 2.57 bits per heavy atom. The standard InChI is InChI=1S/C20H26N6O2/c27-19(12-15-7-9-18(10-8-15)26-14-21-23-24-26)22-17-6-1-2-11-25(13-17)20(28)16-4-3-5-16/h7-10,14,16-17H,1-6,11-13H2,(H,22,27)/t17-/m1/s1. The zero-order valence-electron chi connectivity index (χ0n) is 16.0. The fourth-order valence-electron chi connectivity index (χ4n) is 3.88. The third kappa shape index (κ3) is 4.37. The van der Waals surface area contributed by atoms with Crippen molar-refractivity contribution in [1.29, 1.82) is 0 Å². The molecule has 0 radical (unpaired) electrons. The molecule has 0 bridgehead atoms. The van der Waals surface area contributed by atoms with Crippen LogP contribution in [0.1, 0.15) is 44.1 Å². The van der Waals surface area contributed by atoms with Gasteiger partial charge in [0.15, 0.2) is 0 Å². The molecule has 1 atom stereocenters. The van der Waals surface area contributed by atoms with Crippen LogP contribution in [0.4, 0.5) is 0 Å². The van der Waals surface area contributed by atoms with E-state index in [9.17, 15) is 9.59 Å². The maximum absolute atomic E-state index is 12.6. The van der Waals surface area contributed by atoms with Crippen LogP contribution in [-0.2, 0) is 16.0 Å². The molecule has 1 saturated heterocycles. The molecule has 1 saturated carbocycles. The predicted octanol–water partition coefficient (Wildman–Crippen LogP) is 1.50. The van der Waals surface area contributed by atoms with Gasteiger partial charge >= 0.3 is 0 Å². The number of tetrazole rings is 1. The first kappa shape index (κ1) is 18.6. The molecule has 148 valence electrons. The number of aromatic nitrogens is 4. The van der Waals surface area contributed by atoms with E-state index in [4.69, 9.17) is 0 Å². The van der Waals surface area contributed by atoms with Gasteiger partial charge < -0.3 is 10.2 Å². The molecule has 8 heteroatoms. The highest BCUT2D eigenvalue weighted by Crippen LogP contribution is 2.29. The molecule has 1 aromatic carbocycles. The second-order valence-electron chi connectivity index (χ2n) is 7.77. The Bertz CT molecular complexity index is 801. The Hall–Kier alpha value is -2.77. The van der Waals surface area contributed by atoms with Crippen molar-refractivity contribution in [3.8, 4) is 5.69 Å². The van der Waals surface area contributed by atoms with E-state index in [1.54, 1.807) is 4.68 Å². The average Bonchev–Trinajstić information content (AvgIpc) is 3.08. The van der Waals surface area contributed by atoms with Crippen molar-refractivity contribution >= 4 is 11.8 Å². The number of benzene rings is 1. The van der Waals surface area contributed by atoms with Crippen LogP contribution in [0.2, 0.25) is 0 Å². The number of nitrogens with one attached hydrogen (secondary N) is 1. The maximum atomic E-state index is 12.6. The minimum Gasteiger partial charge on any atom is -0.351 e. The zero-order valence-corrected chi connectivity index (χ0v) is 16.0. The molecule has 1 aliphatic heterocycles. The van der Waals surface area contributed by atoms with E-state index in [0.29, 0.717) is 13.0 Å². The number of nitrogens with zero attached hydrogens (tertiary/aromatic N) is 5. The summed E-state index contributed by atoms with van der Waals surface area (Å²) in [6, 6.07) is 7.65. The second-order valence-corrected chi connectivity index (χ2v) is 7.77. The number of hydrogen-bond donors (Lipinski definition) is 1. The van der Waals surface area contributed by atoms with Crippen LogP contribution in [0, 0.1) is 5.92 Å². The van der Waals surface area contributed by atoms with Crippen LogP contribution >= 0.6 is 0 Å². The normalized spacial score (nSPS) is 20.3. The highest BCUT2D eigenvalue weighted by molar-refractivity contribution is 5.80. The maximum Gasteiger partial charge on any atom is 0.225 e. The van der Waals surface area contributed by atoms with Gasteiger partial charge in [0.05, 0.1) is 12.1 Å². The van der Waals surface area contributed by atoms with E-state index in [-0.39, 0.29) is 23.8 Å². The number of amides is 2. The van der Waals surface area contributed by atoms with Gasteiger partial charge in [0.25, 0.3) is 0 Å². The predicted molar refractivity (Wildman–Crippen MR) is 103 cm³/mol. The van der Waals surface area contributed by atoms with Crippen molar-refractivity contribution in [3.63, 3.8) is 0 Å². The minimum atomic E-state index is -0.00174. The highest BCUT2D eigenvalue weighted by Gasteiger charge is 2.31. The Morgan fingerprint density at radius 2 is 1.89 bits per heavy atom. The molecule has 4 rings (SSSR count). The lowest BCUT2D eigenvalue weighted by Gasteiger charge is -2.32. The van der Waals surface area contributed by atoms with Gasteiger partial charge in [-0.05, 0) is 60.2 Å². The SMILES string of the molecule is O=C(Cc1ccc(-n2cnnn2)cc1)N[C@@H]1CCCCN(C(=O)C2CCC2)C1. The molecule has 2 amide bonds. The molecule has 28 heavy (non-hydrogen) atoms. The summed E-state index contributed by atoms with van der Waals surface area (Å²) in [5, 5.41) is 14.2. The van der Waals surface area contributed by atoms with E-state index >= 15 is 0 Å². The van der Waals surface area contributed by atoms with Gasteiger partial charge in [-0.25, -0.2) is 4.68 Å². The largest absolute Gasteiger partial charge is 0.351 e. The number of likely N-dealkylation sites (tertiary alicyclic amines) is 1. The molecule has 1 aliphatic carbocycles. The van der Waals surface area contributed by atoms with Crippen molar-refractivity contribution in [3.05, 3.63) is 36.2 Å². The number of rotatable bonds is 5. The molecule has 1 aromatic heterocycles. The molecule has 2 fully saturated rings. The van der Waals surface area contributed by atoms with Crippen molar-refractivity contribution < 1.29 is 9.59 Å². The average molecular weight is 382 g/mol. The van der Waals surface area contributed by atoms with Gasteiger partial charge in [0.1, 0.15) is 6.33 Å². The van der Waals surface area contributed by atoms with Crippen LogP contribution in [0.3, 0.4) is 0 Å². The summed E-state index contributed by atoms with van der Waals surface area (Å²) in [5.74, 6) is 0.497. The molecule has 2 heterocycles. The first-order valence-electron chi connectivity index (χ1n) is 10.1. The van der Waals surface area contributed by atoms with Gasteiger partial charge in [0, 0.05) is 25.0 Å². The van der Waals surface area contributed by atoms with Crippen molar-refractivity contribution in [2.45, 2.75) is 51.0 Å². The fraction of sp³-hybridized carbons (Fsp3) is 0.550. The van der Waals surface area contributed by atoms with Gasteiger partial charge in [0.2, 0.25) is 11.8 Å². The first-order valence-corrected chi connectivity index (χ1v) is 10.1. The monoisotopic (exact) mass is 382 g/mol. The first-order chi connectivity index (χ1) is 13.7. The Balaban J connectivity index is 1.31. The quantitative estimate of drug-likeness (QED) is 0.846. The Kier molecular flexibility index (Phi) is 5.64. The van der Waals surface area contributed by atoms with E-state index < -0.39 is 0 Å². The highest BCUT2D eigenvalue weighted by atomic mass is 16.2. The summed E-state index contributed by atoms with van der Waals surface area (Å²) in [6.07, 6.45) is 8.05. The lowest BCUT2D eigenvalue weighted by molar-refractivity contribution is -0.138. The topological polar surface area (TPSA) is 93.0 Å². The molecule has 8 nitrogen and oxygen atoms in total. The number of hydrogen-bond acceptors (Lipinski definition) is 5. The zero-order chi connectivity index (χ0) is 19.3. The van der Waals surface area contributed by atoms with Crippen molar-refractivity contribution in [2.24, 2.45) is 5.92 Å². The molecule has 2 aromatic rings. The summed E-state index contributed by atoms with van der Waals surface area (Å²) >= 11 is 0. The van der Waals surface area contributed by atoms with Crippen LogP contribution in [0.15, 0.2) is 30.6 Å². The van der Waals surface area contributed by atoms with Crippen LogP contribution in [0.5, 0.6) is 0 Å². The third-order valence-corrected chi connectivity index (χ3v) is 5.72. The third-order valence-electron chi connectivity index (χ3n) is 5.72. The summed E-state index contributed by atoms with van der Waals surface area (Å²) in [7, 11) is 0. The number of carbonyl (C=O) groups is 2. The Labute approximate surface area is 164 Å². The summed E-state index contributed by atoms with van der Waals surface area (Å²) in [6.45, 7) is 1.46. The van der Waals surface area contributed by atoms with Gasteiger partial charge in [-0.2, -0.15) is 0 Å². The second kappa shape index (κ2) is 8.50. The van der Waals surface area contributed by atoms with Crippen LogP contribution in [0.25, 0.3) is 5.69 Å². The van der Waals surface area contributed by atoms with E-state index in [2.05, 4.69) is 20.8 Å². The van der Waals surface area contributed by atoms with Gasteiger partial charge in [-0.3, -0.25) is 9.59 Å². The van der Waals surface area contributed by atoms with Gasteiger partial charge in [-0.15, -0.1) is 5.10 Å². The lowest BCUT2D eigenvalue weighted by Crippen LogP contribution is -2.47. The molecule has 2 aliphatic rings. The molecule has 1 N–H and O–H groups in total. The summed E-state index contributed by atoms with van der Waals surface area (Å²) in [5.41, 5.74) is 1.79. The summed E-state index contributed by atoms with van der Waals surface area (Å²) in [4.78, 5) is 27.1. The molecular formula is C20H26N6O2. The molecule has 0 spiro atoms.